The Morgan fingerprint density at radius 2 is 2.36 bits per heavy atom. The topological polar surface area (TPSA) is 36.3 Å². The van der Waals surface area contributed by atoms with Gasteiger partial charge in [-0.25, -0.2) is 0 Å². The van der Waals surface area contributed by atoms with Gasteiger partial charge in [0.2, 0.25) is 0 Å². The third kappa shape index (κ3) is 0.579. The predicted octanol–water partition coefficient (Wildman–Crippen LogP) is 1.29. The number of nitriles is 1. The molecular formula is C8H8ClNO. The third-order valence-electron chi connectivity index (χ3n) is 3.31. The van der Waals surface area contributed by atoms with Crippen molar-refractivity contribution in [3.63, 3.8) is 0 Å². The number of hydrogen-bond donors (Lipinski definition) is 0. The van der Waals surface area contributed by atoms with E-state index in [1.54, 1.807) is 0 Å². The number of fused-ring (bicyclic) bond motifs is 5. The Morgan fingerprint density at radius 1 is 1.55 bits per heavy atom. The second kappa shape index (κ2) is 1.57. The Bertz CT molecular complexity index is 261. The van der Waals surface area contributed by atoms with Crippen LogP contribution in [0.1, 0.15) is 12.8 Å². The average molecular weight is 170 g/mol. The van der Waals surface area contributed by atoms with Crippen molar-refractivity contribution in [2.75, 3.05) is 0 Å². The maximum absolute atomic E-state index is 8.85. The molecule has 1 heterocycles. The van der Waals surface area contributed by atoms with Crippen LogP contribution in [0, 0.1) is 23.2 Å². The molecule has 1 aliphatic heterocycles. The van der Waals surface area contributed by atoms with Crippen LogP contribution >= 0.6 is 11.6 Å². The van der Waals surface area contributed by atoms with Gasteiger partial charge in [-0.1, -0.05) is 0 Å². The van der Waals surface area contributed by atoms with Crippen molar-refractivity contribution < 1.29 is 4.74 Å². The van der Waals surface area contributed by atoms with Crippen LogP contribution in [-0.2, 0) is 4.74 Å². The van der Waals surface area contributed by atoms with Crippen molar-refractivity contribution in [3.8, 4) is 6.07 Å². The van der Waals surface area contributed by atoms with Crippen molar-refractivity contribution in [1.29, 1.82) is 5.26 Å². The molecule has 0 aromatic heterocycles. The summed E-state index contributed by atoms with van der Waals surface area (Å²) in [6.07, 6.45) is 2.77. The lowest BCUT2D eigenvalue weighted by atomic mass is 9.89. The summed E-state index contributed by atoms with van der Waals surface area (Å²) < 4.78 is 5.40. The lowest BCUT2D eigenvalue weighted by Crippen LogP contribution is -2.31. The highest BCUT2D eigenvalue weighted by Gasteiger charge is 2.68. The highest BCUT2D eigenvalue weighted by atomic mass is 35.5. The summed E-state index contributed by atoms with van der Waals surface area (Å²) in [6.45, 7) is 0. The van der Waals surface area contributed by atoms with Gasteiger partial charge in [-0.05, 0) is 18.8 Å². The van der Waals surface area contributed by atoms with Gasteiger partial charge >= 0.3 is 0 Å². The largest absolute Gasteiger partial charge is 0.369 e. The number of hydrogen-bond acceptors (Lipinski definition) is 2. The zero-order valence-corrected chi connectivity index (χ0v) is 6.71. The Labute approximate surface area is 70.1 Å². The molecule has 3 aliphatic rings. The quantitative estimate of drug-likeness (QED) is 0.405. The van der Waals surface area contributed by atoms with Crippen LogP contribution in [-0.4, -0.2) is 17.1 Å². The molecule has 1 saturated heterocycles. The first-order valence-corrected chi connectivity index (χ1v) is 4.38. The predicted molar refractivity (Wildman–Crippen MR) is 39.1 cm³/mol. The number of halogens is 1. The molecule has 0 spiro atoms. The van der Waals surface area contributed by atoms with E-state index in [1.165, 1.54) is 0 Å². The molecule has 0 amide bonds. The highest BCUT2D eigenvalue weighted by molar-refractivity contribution is 6.26. The second-order valence-corrected chi connectivity index (χ2v) is 4.52. The summed E-state index contributed by atoms with van der Waals surface area (Å²) in [5, 5.41) is 8.85. The van der Waals surface area contributed by atoms with Gasteiger partial charge < -0.3 is 4.74 Å². The monoisotopic (exact) mass is 169 g/mol. The number of alkyl halides is 1. The van der Waals surface area contributed by atoms with Crippen molar-refractivity contribution in [1.82, 2.24) is 0 Å². The molecule has 2 aliphatic carbocycles. The van der Waals surface area contributed by atoms with Crippen LogP contribution in [0.3, 0.4) is 0 Å². The molecule has 3 heteroatoms. The van der Waals surface area contributed by atoms with E-state index < -0.39 is 4.87 Å². The fourth-order valence-electron chi connectivity index (χ4n) is 2.74. The highest BCUT2D eigenvalue weighted by Crippen LogP contribution is 2.62. The molecule has 0 radical (unpaired) electrons. The fraction of sp³-hybridized carbons (Fsp3) is 0.875. The van der Waals surface area contributed by atoms with Gasteiger partial charge in [0.05, 0.1) is 18.3 Å². The van der Waals surface area contributed by atoms with E-state index in [2.05, 4.69) is 6.07 Å². The summed E-state index contributed by atoms with van der Waals surface area (Å²) in [6, 6.07) is 2.21. The van der Waals surface area contributed by atoms with Crippen LogP contribution in [0.5, 0.6) is 0 Å². The zero-order valence-electron chi connectivity index (χ0n) is 5.96. The molecule has 58 valence electrons. The van der Waals surface area contributed by atoms with E-state index in [1.807, 2.05) is 0 Å². The summed E-state index contributed by atoms with van der Waals surface area (Å²) >= 11 is 6.13. The molecule has 0 unspecified atom stereocenters. The molecule has 2 bridgehead atoms. The Morgan fingerprint density at radius 3 is 2.91 bits per heavy atom. The minimum absolute atomic E-state index is 0.323. The maximum Gasteiger partial charge on any atom is 0.136 e. The van der Waals surface area contributed by atoms with E-state index in [0.29, 0.717) is 24.0 Å². The first kappa shape index (κ1) is 6.28. The number of rotatable bonds is 0. The van der Waals surface area contributed by atoms with Crippen LogP contribution in [0.2, 0.25) is 0 Å². The van der Waals surface area contributed by atoms with Crippen molar-refractivity contribution in [3.05, 3.63) is 0 Å². The number of nitrogens with zero attached hydrogens (tertiary/aromatic N) is 1. The van der Waals surface area contributed by atoms with Crippen molar-refractivity contribution >= 4 is 11.6 Å². The Kier molecular flexibility index (Phi) is 0.898. The van der Waals surface area contributed by atoms with Crippen LogP contribution in [0.15, 0.2) is 0 Å². The van der Waals surface area contributed by atoms with Gasteiger partial charge in [0.25, 0.3) is 0 Å². The number of ether oxygens (including phenoxy) is 1. The van der Waals surface area contributed by atoms with Crippen molar-refractivity contribution in [2.45, 2.75) is 29.9 Å². The summed E-state index contributed by atoms with van der Waals surface area (Å²) in [4.78, 5) is -0.581. The fourth-order valence-corrected chi connectivity index (χ4v) is 3.15. The maximum atomic E-state index is 8.85. The molecule has 0 N–H and O–H groups in total. The van der Waals surface area contributed by atoms with Gasteiger partial charge in [0.1, 0.15) is 4.87 Å². The molecule has 0 aromatic rings. The van der Waals surface area contributed by atoms with Crippen LogP contribution in [0.25, 0.3) is 0 Å². The molecule has 3 fully saturated rings. The molecule has 2 saturated carbocycles. The standard InChI is InChI=1S/C8H8ClNO/c9-8(3-10)2-4-1-5(8)7-6(4)11-7/h4-7H,1-2H2/t4-,5-,6+,7+,8+/m0/s1. The van der Waals surface area contributed by atoms with E-state index in [9.17, 15) is 0 Å². The number of epoxide rings is 1. The minimum Gasteiger partial charge on any atom is -0.369 e. The summed E-state index contributed by atoms with van der Waals surface area (Å²) in [5.41, 5.74) is 0. The first-order valence-electron chi connectivity index (χ1n) is 4.00. The van der Waals surface area contributed by atoms with Gasteiger partial charge in [0.15, 0.2) is 0 Å². The van der Waals surface area contributed by atoms with Gasteiger partial charge in [0, 0.05) is 5.92 Å². The molecule has 2 nitrogen and oxygen atoms in total. The molecular weight excluding hydrogens is 162 g/mol. The van der Waals surface area contributed by atoms with Crippen LogP contribution in [0.4, 0.5) is 0 Å². The zero-order chi connectivity index (χ0) is 7.64. The van der Waals surface area contributed by atoms with Gasteiger partial charge in [-0.15, -0.1) is 11.6 Å². The lowest BCUT2D eigenvalue weighted by Gasteiger charge is -2.20. The second-order valence-electron chi connectivity index (χ2n) is 3.85. The van der Waals surface area contributed by atoms with E-state index in [-0.39, 0.29) is 0 Å². The Hall–Kier alpha value is -0.260. The lowest BCUT2D eigenvalue weighted by molar-refractivity contribution is 0.261. The van der Waals surface area contributed by atoms with E-state index in [0.717, 1.165) is 12.8 Å². The first-order chi connectivity index (χ1) is 5.24. The SMILES string of the molecule is N#C[C@]1(Cl)C[C@@H]2C[C@H]1[C@H]1O[C@H]21. The van der Waals surface area contributed by atoms with E-state index >= 15 is 0 Å². The average Bonchev–Trinajstić information content (AvgIpc) is 2.65. The smallest absolute Gasteiger partial charge is 0.136 e. The molecule has 11 heavy (non-hydrogen) atoms. The Balaban J connectivity index is 1.99. The third-order valence-corrected chi connectivity index (χ3v) is 3.83. The molecule has 3 rings (SSSR count). The molecule has 5 atom stereocenters. The van der Waals surface area contributed by atoms with Gasteiger partial charge in [-0.3, -0.25) is 0 Å². The van der Waals surface area contributed by atoms with E-state index in [4.69, 9.17) is 21.6 Å². The van der Waals surface area contributed by atoms with Crippen LogP contribution < -0.4 is 0 Å². The minimum atomic E-state index is -0.581. The summed E-state index contributed by atoms with van der Waals surface area (Å²) in [5.74, 6) is 0.909. The van der Waals surface area contributed by atoms with Crippen molar-refractivity contribution in [2.24, 2.45) is 11.8 Å². The normalized spacial score (nSPS) is 64.0. The summed E-state index contributed by atoms with van der Waals surface area (Å²) in [7, 11) is 0. The van der Waals surface area contributed by atoms with Gasteiger partial charge in [-0.2, -0.15) is 5.26 Å². The molecule has 0 aromatic carbocycles.